The van der Waals surface area contributed by atoms with Crippen molar-refractivity contribution >= 4 is 11.8 Å². The van der Waals surface area contributed by atoms with Gasteiger partial charge < -0.3 is 19.3 Å². The first-order valence-electron chi connectivity index (χ1n) is 10.3. The Balaban J connectivity index is 1.20. The molecule has 2 aromatic carbocycles. The Labute approximate surface area is 176 Å². The summed E-state index contributed by atoms with van der Waals surface area (Å²) in [5.41, 5.74) is 1.36. The third-order valence-corrected chi connectivity index (χ3v) is 7.10. The molecule has 1 N–H and O–H groups in total. The smallest absolute Gasteiger partial charge is 0.231 e. The van der Waals surface area contributed by atoms with Crippen molar-refractivity contribution in [3.05, 3.63) is 48.0 Å². The van der Waals surface area contributed by atoms with Crippen molar-refractivity contribution in [1.82, 2.24) is 4.90 Å². The van der Waals surface area contributed by atoms with Crippen molar-refractivity contribution in [1.29, 1.82) is 0 Å². The summed E-state index contributed by atoms with van der Waals surface area (Å²) in [5.74, 6) is 3.32. The average Bonchev–Trinajstić information content (AvgIpc) is 3.34. The molecule has 2 aromatic rings. The molecule has 0 radical (unpaired) electrons. The van der Waals surface area contributed by atoms with Gasteiger partial charge in [0, 0.05) is 30.6 Å². The van der Waals surface area contributed by atoms with Gasteiger partial charge in [-0.1, -0.05) is 12.1 Å². The molecule has 0 spiro atoms. The van der Waals surface area contributed by atoms with Crippen LogP contribution in [0.4, 0.5) is 0 Å². The second-order valence-electron chi connectivity index (χ2n) is 8.27. The van der Waals surface area contributed by atoms with E-state index >= 15 is 0 Å². The molecule has 0 aromatic heterocycles. The van der Waals surface area contributed by atoms with E-state index in [0.29, 0.717) is 17.6 Å². The maximum atomic E-state index is 10.7. The van der Waals surface area contributed by atoms with Crippen LogP contribution in [0.2, 0.25) is 0 Å². The Morgan fingerprint density at radius 2 is 1.79 bits per heavy atom. The van der Waals surface area contributed by atoms with Gasteiger partial charge in [-0.15, -0.1) is 11.8 Å². The maximum Gasteiger partial charge on any atom is 0.231 e. The summed E-state index contributed by atoms with van der Waals surface area (Å²) in [7, 11) is 0. The highest BCUT2D eigenvalue weighted by Gasteiger charge is 2.42. The van der Waals surface area contributed by atoms with Crippen molar-refractivity contribution in [2.24, 2.45) is 11.8 Å². The number of thioether (sulfide) groups is 1. The number of aliphatic hydroxyl groups is 1. The molecule has 5 nitrogen and oxygen atoms in total. The lowest BCUT2D eigenvalue weighted by molar-refractivity contribution is -0.0232. The zero-order valence-corrected chi connectivity index (χ0v) is 17.4. The Bertz CT molecular complexity index is 858. The van der Waals surface area contributed by atoms with Crippen LogP contribution in [0.25, 0.3) is 0 Å². The fourth-order valence-corrected chi connectivity index (χ4v) is 5.27. The lowest BCUT2D eigenvalue weighted by Gasteiger charge is -2.35. The molecule has 0 amide bonds. The van der Waals surface area contributed by atoms with Gasteiger partial charge in [0.15, 0.2) is 11.5 Å². The Kier molecular flexibility index (Phi) is 5.33. The second-order valence-corrected chi connectivity index (χ2v) is 9.15. The van der Waals surface area contributed by atoms with Crippen LogP contribution in [0.5, 0.6) is 17.2 Å². The number of ether oxygens (including phenoxy) is 3. The first-order chi connectivity index (χ1) is 14.2. The minimum Gasteiger partial charge on any atom is -0.488 e. The summed E-state index contributed by atoms with van der Waals surface area (Å²) < 4.78 is 17.0. The molecule has 1 saturated carbocycles. The second kappa shape index (κ2) is 8.09. The molecular formula is C23H27NO4S. The van der Waals surface area contributed by atoms with E-state index in [9.17, 15) is 5.11 Å². The highest BCUT2D eigenvalue weighted by atomic mass is 32.2. The molecular weight excluding hydrogens is 386 g/mol. The maximum absolute atomic E-state index is 10.7. The monoisotopic (exact) mass is 413 g/mol. The predicted molar refractivity (Wildman–Crippen MR) is 113 cm³/mol. The number of aliphatic hydroxyl groups excluding tert-OH is 1. The zero-order valence-electron chi connectivity index (χ0n) is 16.6. The molecule has 2 aliphatic heterocycles. The molecule has 29 heavy (non-hydrogen) atoms. The van der Waals surface area contributed by atoms with Gasteiger partial charge in [0.05, 0.1) is 6.10 Å². The van der Waals surface area contributed by atoms with Gasteiger partial charge in [-0.2, -0.15) is 0 Å². The SMILES string of the molecule is CSc1ccc(CN2C[C@H]3C[C@@H](Oc4ccc5c(c4)OCO5)[C@H](O)C[C@H]3C2)cc1. The molecule has 1 aliphatic carbocycles. The molecule has 2 heterocycles. The number of likely N-dealkylation sites (tertiary alicyclic amines) is 1. The number of benzene rings is 2. The molecule has 1 saturated heterocycles. The summed E-state index contributed by atoms with van der Waals surface area (Å²) in [6.07, 6.45) is 3.21. The van der Waals surface area contributed by atoms with Crippen molar-refractivity contribution in [2.45, 2.75) is 36.5 Å². The van der Waals surface area contributed by atoms with E-state index in [1.54, 1.807) is 11.8 Å². The Morgan fingerprint density at radius 1 is 1.03 bits per heavy atom. The van der Waals surface area contributed by atoms with Crippen LogP contribution >= 0.6 is 11.8 Å². The minimum absolute atomic E-state index is 0.169. The van der Waals surface area contributed by atoms with E-state index < -0.39 is 6.10 Å². The highest BCUT2D eigenvalue weighted by molar-refractivity contribution is 7.98. The summed E-state index contributed by atoms with van der Waals surface area (Å²) in [5, 5.41) is 10.7. The fourth-order valence-electron chi connectivity index (χ4n) is 4.86. The summed E-state index contributed by atoms with van der Waals surface area (Å²) >= 11 is 1.77. The van der Waals surface area contributed by atoms with E-state index in [4.69, 9.17) is 14.2 Å². The van der Waals surface area contributed by atoms with Crippen molar-refractivity contribution in [2.75, 3.05) is 26.1 Å². The lowest BCUT2D eigenvalue weighted by atomic mass is 9.78. The third-order valence-electron chi connectivity index (χ3n) is 6.36. The molecule has 0 bridgehead atoms. The number of rotatable bonds is 5. The molecule has 6 heteroatoms. The van der Waals surface area contributed by atoms with Crippen LogP contribution in [0, 0.1) is 11.8 Å². The number of fused-ring (bicyclic) bond motifs is 2. The molecule has 4 atom stereocenters. The number of hydrogen-bond acceptors (Lipinski definition) is 6. The summed E-state index contributed by atoms with van der Waals surface area (Å²) in [6.45, 7) is 3.36. The van der Waals surface area contributed by atoms with Crippen molar-refractivity contribution in [3.63, 3.8) is 0 Å². The summed E-state index contributed by atoms with van der Waals surface area (Å²) in [6, 6.07) is 14.5. The molecule has 0 unspecified atom stereocenters. The first kappa shape index (κ1) is 19.1. The van der Waals surface area contributed by atoms with Gasteiger partial charge in [0.2, 0.25) is 6.79 Å². The lowest BCUT2D eigenvalue weighted by Crippen LogP contribution is -2.42. The third kappa shape index (κ3) is 4.06. The van der Waals surface area contributed by atoms with E-state index in [1.165, 1.54) is 10.5 Å². The van der Waals surface area contributed by atoms with Gasteiger partial charge in [-0.25, -0.2) is 0 Å². The van der Waals surface area contributed by atoms with Gasteiger partial charge in [0.25, 0.3) is 0 Å². The van der Waals surface area contributed by atoms with Crippen LogP contribution in [0.15, 0.2) is 47.4 Å². The minimum atomic E-state index is -0.428. The highest BCUT2D eigenvalue weighted by Crippen LogP contribution is 2.40. The van der Waals surface area contributed by atoms with E-state index in [-0.39, 0.29) is 12.9 Å². The summed E-state index contributed by atoms with van der Waals surface area (Å²) in [4.78, 5) is 3.83. The molecule has 3 aliphatic rings. The normalized spacial score (nSPS) is 28.3. The van der Waals surface area contributed by atoms with E-state index in [1.807, 2.05) is 18.2 Å². The van der Waals surface area contributed by atoms with Crippen LogP contribution in [-0.4, -0.2) is 48.4 Å². The van der Waals surface area contributed by atoms with Crippen LogP contribution in [0.1, 0.15) is 18.4 Å². The zero-order chi connectivity index (χ0) is 19.8. The molecule has 5 rings (SSSR count). The number of hydrogen-bond donors (Lipinski definition) is 1. The number of nitrogens with zero attached hydrogens (tertiary/aromatic N) is 1. The van der Waals surface area contributed by atoms with Crippen molar-refractivity contribution < 1.29 is 19.3 Å². The fraction of sp³-hybridized carbons (Fsp3) is 0.478. The quantitative estimate of drug-likeness (QED) is 0.753. The van der Waals surface area contributed by atoms with Crippen LogP contribution < -0.4 is 14.2 Å². The van der Waals surface area contributed by atoms with E-state index in [0.717, 1.165) is 44.0 Å². The van der Waals surface area contributed by atoms with Gasteiger partial charge in [-0.05, 0) is 60.8 Å². The molecule has 2 fully saturated rings. The van der Waals surface area contributed by atoms with Gasteiger partial charge >= 0.3 is 0 Å². The van der Waals surface area contributed by atoms with Crippen molar-refractivity contribution in [3.8, 4) is 17.2 Å². The van der Waals surface area contributed by atoms with Gasteiger partial charge in [-0.3, -0.25) is 4.90 Å². The Hall–Kier alpha value is -1.89. The van der Waals surface area contributed by atoms with Gasteiger partial charge in [0.1, 0.15) is 11.9 Å². The standard InChI is InChI=1S/C23H27NO4S/c1-29-19-5-2-15(3-6-19)11-24-12-16-8-20(25)22(9-17(16)13-24)28-18-4-7-21-23(10-18)27-14-26-21/h2-7,10,16-17,20,22,25H,8-9,11-14H2,1H3/t16-,17+,20+,22+/m0/s1. The molecule has 154 valence electrons. The van der Waals surface area contributed by atoms with Crippen LogP contribution in [-0.2, 0) is 6.54 Å². The average molecular weight is 414 g/mol. The van der Waals surface area contributed by atoms with Crippen LogP contribution in [0.3, 0.4) is 0 Å². The Morgan fingerprint density at radius 3 is 2.59 bits per heavy atom. The first-order valence-corrected chi connectivity index (χ1v) is 11.5. The topological polar surface area (TPSA) is 51.2 Å². The predicted octanol–water partition coefficient (Wildman–Crippen LogP) is 3.79. The van der Waals surface area contributed by atoms with E-state index in [2.05, 4.69) is 35.4 Å². The largest absolute Gasteiger partial charge is 0.488 e.